The lowest BCUT2D eigenvalue weighted by Gasteiger charge is -2.13. The molecule has 1 unspecified atom stereocenters. The van der Waals surface area contributed by atoms with E-state index >= 15 is 0 Å². The first kappa shape index (κ1) is 11.0. The molecule has 3 nitrogen and oxygen atoms in total. The molecule has 0 aromatic rings. The van der Waals surface area contributed by atoms with Gasteiger partial charge in [0.1, 0.15) is 0 Å². The molecule has 0 aromatic heterocycles. The molecule has 0 aromatic carbocycles. The maximum absolute atomic E-state index is 9.34. The number of methoxy groups -OCH3 is 1. The number of rotatable bonds is 6. The second-order valence-electron chi connectivity index (χ2n) is 3.92. The fraction of sp³-hybridized carbons (Fsp3) is 1.00. The summed E-state index contributed by atoms with van der Waals surface area (Å²) in [7, 11) is 1.61. The zero-order valence-corrected chi connectivity index (χ0v) is 8.46. The van der Waals surface area contributed by atoms with Gasteiger partial charge in [0, 0.05) is 13.7 Å². The van der Waals surface area contributed by atoms with Gasteiger partial charge in [0.15, 0.2) is 0 Å². The van der Waals surface area contributed by atoms with E-state index in [2.05, 4.69) is 5.32 Å². The fourth-order valence-electron chi connectivity index (χ4n) is 1.92. The highest BCUT2D eigenvalue weighted by Gasteiger charge is 2.14. The molecule has 0 aliphatic heterocycles. The van der Waals surface area contributed by atoms with Gasteiger partial charge in [-0.25, -0.2) is 0 Å². The molecule has 0 saturated heterocycles. The van der Waals surface area contributed by atoms with Crippen molar-refractivity contribution in [3.63, 3.8) is 0 Å². The number of aliphatic hydroxyl groups is 1. The van der Waals surface area contributed by atoms with Gasteiger partial charge in [-0.3, -0.25) is 0 Å². The molecule has 1 fully saturated rings. The predicted molar refractivity (Wildman–Crippen MR) is 52.7 cm³/mol. The Morgan fingerprint density at radius 2 is 2.15 bits per heavy atom. The lowest BCUT2D eigenvalue weighted by Crippen LogP contribution is -2.32. The normalized spacial score (nSPS) is 20.8. The van der Waals surface area contributed by atoms with E-state index < -0.39 is 0 Å². The average molecular weight is 187 g/mol. The Balaban J connectivity index is 1.93. The highest BCUT2D eigenvalue weighted by atomic mass is 16.5. The van der Waals surface area contributed by atoms with Crippen LogP contribution in [0.5, 0.6) is 0 Å². The smallest absolute Gasteiger partial charge is 0.0897 e. The van der Waals surface area contributed by atoms with Crippen LogP contribution in [0.2, 0.25) is 0 Å². The number of aliphatic hydroxyl groups excluding tert-OH is 1. The molecule has 0 bridgehead atoms. The predicted octanol–water partition coefficient (Wildman–Crippen LogP) is 0.773. The molecular formula is C10H21NO2. The lowest BCUT2D eigenvalue weighted by atomic mass is 10.1. The average Bonchev–Trinajstić information content (AvgIpc) is 2.57. The Bertz CT molecular complexity index is 124. The minimum Gasteiger partial charge on any atom is -0.389 e. The van der Waals surface area contributed by atoms with E-state index in [1.807, 2.05) is 0 Å². The van der Waals surface area contributed by atoms with Crippen molar-refractivity contribution in [3.8, 4) is 0 Å². The van der Waals surface area contributed by atoms with Crippen molar-refractivity contribution in [1.29, 1.82) is 0 Å². The van der Waals surface area contributed by atoms with E-state index in [0.29, 0.717) is 13.2 Å². The van der Waals surface area contributed by atoms with Gasteiger partial charge in [-0.1, -0.05) is 12.8 Å². The first-order valence-electron chi connectivity index (χ1n) is 5.20. The van der Waals surface area contributed by atoms with Crippen molar-refractivity contribution in [2.24, 2.45) is 5.92 Å². The van der Waals surface area contributed by atoms with E-state index in [1.165, 1.54) is 25.7 Å². The summed E-state index contributed by atoms with van der Waals surface area (Å²) in [5.74, 6) is 0.842. The molecule has 0 heterocycles. The van der Waals surface area contributed by atoms with Crippen LogP contribution in [0.3, 0.4) is 0 Å². The summed E-state index contributed by atoms with van der Waals surface area (Å²) in [5, 5.41) is 12.6. The van der Waals surface area contributed by atoms with Crippen molar-refractivity contribution in [3.05, 3.63) is 0 Å². The number of nitrogens with one attached hydrogen (secondary N) is 1. The second-order valence-corrected chi connectivity index (χ2v) is 3.92. The molecule has 0 spiro atoms. The minimum atomic E-state index is -0.355. The van der Waals surface area contributed by atoms with E-state index in [4.69, 9.17) is 4.74 Å². The van der Waals surface area contributed by atoms with Gasteiger partial charge in [0.05, 0.1) is 12.7 Å². The molecule has 0 radical (unpaired) electrons. The zero-order chi connectivity index (χ0) is 9.52. The van der Waals surface area contributed by atoms with Crippen molar-refractivity contribution in [1.82, 2.24) is 5.32 Å². The van der Waals surface area contributed by atoms with Crippen LogP contribution >= 0.6 is 0 Å². The summed E-state index contributed by atoms with van der Waals surface area (Å²) >= 11 is 0. The molecule has 1 aliphatic carbocycles. The largest absolute Gasteiger partial charge is 0.389 e. The lowest BCUT2D eigenvalue weighted by molar-refractivity contribution is 0.0640. The van der Waals surface area contributed by atoms with Crippen molar-refractivity contribution in [2.75, 3.05) is 26.8 Å². The fourth-order valence-corrected chi connectivity index (χ4v) is 1.92. The molecule has 1 saturated carbocycles. The molecular weight excluding hydrogens is 166 g/mol. The molecule has 3 heteroatoms. The van der Waals surface area contributed by atoms with Gasteiger partial charge in [-0.15, -0.1) is 0 Å². The standard InChI is InChI=1S/C10H21NO2/c1-13-8-10(12)7-11-6-9-4-2-3-5-9/h9-12H,2-8H2,1H3. The van der Waals surface area contributed by atoms with Crippen LogP contribution in [0.25, 0.3) is 0 Å². The summed E-state index contributed by atoms with van der Waals surface area (Å²) in [6.45, 7) is 2.14. The van der Waals surface area contributed by atoms with Gasteiger partial charge in [0.25, 0.3) is 0 Å². The van der Waals surface area contributed by atoms with Crippen LogP contribution in [0.15, 0.2) is 0 Å². The maximum Gasteiger partial charge on any atom is 0.0897 e. The highest BCUT2D eigenvalue weighted by molar-refractivity contribution is 4.70. The van der Waals surface area contributed by atoms with Crippen LogP contribution in [0.4, 0.5) is 0 Å². The summed E-state index contributed by atoms with van der Waals surface area (Å²) in [6, 6.07) is 0. The van der Waals surface area contributed by atoms with E-state index in [1.54, 1.807) is 7.11 Å². The third-order valence-electron chi connectivity index (χ3n) is 2.65. The molecule has 1 atom stereocenters. The monoisotopic (exact) mass is 187 g/mol. The third kappa shape index (κ3) is 4.60. The third-order valence-corrected chi connectivity index (χ3v) is 2.65. The molecule has 1 aliphatic rings. The summed E-state index contributed by atoms with van der Waals surface area (Å²) in [6.07, 6.45) is 5.12. The summed E-state index contributed by atoms with van der Waals surface area (Å²) in [4.78, 5) is 0. The van der Waals surface area contributed by atoms with Crippen LogP contribution < -0.4 is 5.32 Å². The van der Waals surface area contributed by atoms with Gasteiger partial charge < -0.3 is 15.2 Å². The van der Waals surface area contributed by atoms with Crippen molar-refractivity contribution >= 4 is 0 Å². The van der Waals surface area contributed by atoms with Crippen molar-refractivity contribution < 1.29 is 9.84 Å². The Hall–Kier alpha value is -0.120. The van der Waals surface area contributed by atoms with Crippen LogP contribution in [0.1, 0.15) is 25.7 Å². The number of hydrogen-bond donors (Lipinski definition) is 2. The SMILES string of the molecule is COCC(O)CNCC1CCCC1. The number of hydrogen-bond acceptors (Lipinski definition) is 3. The van der Waals surface area contributed by atoms with Gasteiger partial charge >= 0.3 is 0 Å². The van der Waals surface area contributed by atoms with Crippen LogP contribution in [-0.2, 0) is 4.74 Å². The van der Waals surface area contributed by atoms with E-state index in [-0.39, 0.29) is 6.10 Å². The van der Waals surface area contributed by atoms with Crippen molar-refractivity contribution in [2.45, 2.75) is 31.8 Å². The minimum absolute atomic E-state index is 0.355. The van der Waals surface area contributed by atoms with E-state index in [9.17, 15) is 5.11 Å². The molecule has 13 heavy (non-hydrogen) atoms. The quantitative estimate of drug-likeness (QED) is 0.645. The Morgan fingerprint density at radius 1 is 1.46 bits per heavy atom. The zero-order valence-electron chi connectivity index (χ0n) is 8.46. The second kappa shape index (κ2) is 6.35. The summed E-state index contributed by atoms with van der Waals surface area (Å²) < 4.78 is 4.84. The number of ether oxygens (including phenoxy) is 1. The van der Waals surface area contributed by atoms with Crippen LogP contribution in [-0.4, -0.2) is 38.0 Å². The first-order valence-corrected chi connectivity index (χ1v) is 5.20. The maximum atomic E-state index is 9.34. The highest BCUT2D eigenvalue weighted by Crippen LogP contribution is 2.23. The van der Waals surface area contributed by atoms with Gasteiger partial charge in [-0.05, 0) is 25.3 Å². The Morgan fingerprint density at radius 3 is 2.77 bits per heavy atom. The Labute approximate surface area is 80.5 Å². The van der Waals surface area contributed by atoms with Gasteiger partial charge in [-0.2, -0.15) is 0 Å². The molecule has 0 amide bonds. The van der Waals surface area contributed by atoms with Gasteiger partial charge in [0.2, 0.25) is 0 Å². The molecule has 2 N–H and O–H groups in total. The van der Waals surface area contributed by atoms with E-state index in [0.717, 1.165) is 12.5 Å². The van der Waals surface area contributed by atoms with Crippen LogP contribution in [0, 0.1) is 5.92 Å². The molecule has 1 rings (SSSR count). The summed E-state index contributed by atoms with van der Waals surface area (Å²) in [5.41, 5.74) is 0. The molecule has 78 valence electrons. The topological polar surface area (TPSA) is 41.5 Å². The Kier molecular flexibility index (Phi) is 5.35. The first-order chi connectivity index (χ1) is 6.33.